The molecule has 1 aromatic rings. The van der Waals surface area contributed by atoms with Gasteiger partial charge in [0.25, 0.3) is 0 Å². The second-order valence-corrected chi connectivity index (χ2v) is 7.52. The summed E-state index contributed by atoms with van der Waals surface area (Å²) in [4.78, 5) is 3.11. The lowest BCUT2D eigenvalue weighted by Crippen LogP contribution is -2.24. The van der Waals surface area contributed by atoms with Gasteiger partial charge in [-0.2, -0.15) is 0 Å². The molecule has 0 amide bonds. The van der Waals surface area contributed by atoms with Gasteiger partial charge in [0, 0.05) is 15.8 Å². The van der Waals surface area contributed by atoms with Crippen LogP contribution in [0.3, 0.4) is 0 Å². The van der Waals surface area contributed by atoms with Gasteiger partial charge in [0.05, 0.1) is 0 Å². The molecule has 0 aliphatic heterocycles. The maximum absolute atomic E-state index is 6.54. The Morgan fingerprint density at radius 3 is 2.61 bits per heavy atom. The average molecular weight is 263 g/mol. The summed E-state index contributed by atoms with van der Waals surface area (Å²) >= 11 is 2.01. The summed E-state index contributed by atoms with van der Waals surface area (Å²) in [5.74, 6) is 1.66. The van der Waals surface area contributed by atoms with Crippen molar-refractivity contribution in [3.8, 4) is 0 Å². The Morgan fingerprint density at radius 1 is 1.17 bits per heavy atom. The summed E-state index contributed by atoms with van der Waals surface area (Å²) in [6.45, 7) is 2.38. The molecule has 1 atom stereocenters. The van der Waals surface area contributed by atoms with Crippen LogP contribution in [0.4, 0.5) is 0 Å². The fourth-order valence-corrected chi connectivity index (χ4v) is 4.91. The monoisotopic (exact) mass is 263 g/mol. The quantitative estimate of drug-likeness (QED) is 0.838. The summed E-state index contributed by atoms with van der Waals surface area (Å²) in [7, 11) is 0. The maximum Gasteiger partial charge on any atom is 0.0418 e. The molecule has 1 unspecified atom stereocenters. The molecule has 2 aliphatic carbocycles. The molecule has 0 saturated heterocycles. The van der Waals surface area contributed by atoms with Crippen LogP contribution in [0.15, 0.2) is 6.07 Å². The van der Waals surface area contributed by atoms with Crippen LogP contribution in [0.1, 0.15) is 66.8 Å². The first-order chi connectivity index (χ1) is 8.74. The van der Waals surface area contributed by atoms with E-state index in [-0.39, 0.29) is 0 Å². The van der Waals surface area contributed by atoms with Gasteiger partial charge in [-0.25, -0.2) is 0 Å². The minimum Gasteiger partial charge on any atom is -0.323 e. The molecule has 1 aromatic heterocycles. The van der Waals surface area contributed by atoms with Gasteiger partial charge in [-0.15, -0.1) is 11.3 Å². The topological polar surface area (TPSA) is 26.0 Å². The lowest BCUT2D eigenvalue weighted by molar-refractivity contribution is 0.258. The van der Waals surface area contributed by atoms with E-state index in [4.69, 9.17) is 5.73 Å². The third-order valence-corrected chi connectivity index (χ3v) is 6.25. The second-order valence-electron chi connectivity index (χ2n) is 6.35. The molecule has 100 valence electrons. The number of thiophene rings is 1. The van der Waals surface area contributed by atoms with E-state index in [1.54, 1.807) is 10.4 Å². The minimum atomic E-state index is 0.313. The zero-order valence-corrected chi connectivity index (χ0v) is 12.3. The van der Waals surface area contributed by atoms with Crippen LogP contribution < -0.4 is 5.73 Å². The molecule has 2 heteroatoms. The van der Waals surface area contributed by atoms with Crippen LogP contribution in [0.2, 0.25) is 0 Å². The van der Waals surface area contributed by atoms with Gasteiger partial charge >= 0.3 is 0 Å². The summed E-state index contributed by atoms with van der Waals surface area (Å²) in [6.07, 6.45) is 10.8. The average Bonchev–Trinajstić information content (AvgIpc) is 2.82. The van der Waals surface area contributed by atoms with Crippen molar-refractivity contribution in [3.63, 3.8) is 0 Å². The highest BCUT2D eigenvalue weighted by atomic mass is 32.1. The Labute approximate surface area is 115 Å². The molecular formula is C16H25NS. The molecule has 0 bridgehead atoms. The summed E-state index contributed by atoms with van der Waals surface area (Å²) in [5.41, 5.74) is 8.15. The maximum atomic E-state index is 6.54. The van der Waals surface area contributed by atoms with E-state index in [9.17, 15) is 0 Å². The molecule has 0 aromatic carbocycles. The molecule has 1 fully saturated rings. The van der Waals surface area contributed by atoms with Crippen LogP contribution in [-0.2, 0) is 12.8 Å². The van der Waals surface area contributed by atoms with Crippen molar-refractivity contribution in [2.24, 2.45) is 17.6 Å². The van der Waals surface area contributed by atoms with Crippen LogP contribution in [0, 0.1) is 11.8 Å². The van der Waals surface area contributed by atoms with Crippen LogP contribution in [-0.4, -0.2) is 0 Å². The van der Waals surface area contributed by atoms with Gasteiger partial charge in [-0.3, -0.25) is 0 Å². The summed E-state index contributed by atoms with van der Waals surface area (Å²) < 4.78 is 0. The molecule has 2 N–H and O–H groups in total. The third kappa shape index (κ3) is 2.50. The van der Waals surface area contributed by atoms with Gasteiger partial charge in [0.1, 0.15) is 0 Å². The van der Waals surface area contributed by atoms with Gasteiger partial charge in [0.15, 0.2) is 0 Å². The van der Waals surface area contributed by atoms with E-state index in [0.717, 1.165) is 11.8 Å². The summed E-state index contributed by atoms with van der Waals surface area (Å²) in [5, 5.41) is 0. The fraction of sp³-hybridized carbons (Fsp3) is 0.750. The van der Waals surface area contributed by atoms with Crippen molar-refractivity contribution in [1.29, 1.82) is 0 Å². The first-order valence-corrected chi connectivity index (χ1v) is 8.42. The van der Waals surface area contributed by atoms with E-state index in [2.05, 4.69) is 13.0 Å². The number of nitrogens with two attached hydrogens (primary N) is 1. The van der Waals surface area contributed by atoms with Crippen LogP contribution in [0.25, 0.3) is 0 Å². The minimum absolute atomic E-state index is 0.313. The Morgan fingerprint density at radius 2 is 1.89 bits per heavy atom. The molecule has 1 heterocycles. The Bertz CT molecular complexity index is 378. The molecule has 2 aliphatic rings. The van der Waals surface area contributed by atoms with Crippen molar-refractivity contribution >= 4 is 11.3 Å². The number of fused-ring (bicyclic) bond motifs is 1. The number of rotatable bonds is 2. The van der Waals surface area contributed by atoms with E-state index in [0.29, 0.717) is 6.04 Å². The molecule has 1 nitrogen and oxygen atoms in total. The van der Waals surface area contributed by atoms with Crippen molar-refractivity contribution in [2.45, 2.75) is 64.3 Å². The molecule has 0 spiro atoms. The first-order valence-electron chi connectivity index (χ1n) is 7.61. The van der Waals surface area contributed by atoms with Crippen LogP contribution >= 0.6 is 11.3 Å². The van der Waals surface area contributed by atoms with E-state index < -0.39 is 0 Å². The van der Waals surface area contributed by atoms with Crippen LogP contribution in [0.5, 0.6) is 0 Å². The lowest BCUT2D eigenvalue weighted by atomic mass is 9.79. The highest BCUT2D eigenvalue weighted by Gasteiger charge is 2.26. The molecule has 1 saturated carbocycles. The predicted molar refractivity (Wildman–Crippen MR) is 79.0 cm³/mol. The Balaban J connectivity index is 1.71. The standard InChI is InChI=1S/C16H25NS/c1-11-6-8-12(9-7-11)16(17)15-10-13-4-2-3-5-14(13)18-15/h10-12,16H,2-9,17H2,1H3. The number of aryl methyl sites for hydroxylation is 2. The fourth-order valence-electron chi connectivity index (χ4n) is 3.56. The molecular weight excluding hydrogens is 238 g/mol. The van der Waals surface area contributed by atoms with Crippen molar-refractivity contribution in [1.82, 2.24) is 0 Å². The zero-order valence-electron chi connectivity index (χ0n) is 11.5. The normalized spacial score (nSPS) is 29.9. The second kappa shape index (κ2) is 5.34. The third-order valence-electron chi connectivity index (χ3n) is 4.91. The van der Waals surface area contributed by atoms with Gasteiger partial charge < -0.3 is 5.73 Å². The van der Waals surface area contributed by atoms with Gasteiger partial charge in [0.2, 0.25) is 0 Å². The van der Waals surface area contributed by atoms with E-state index in [1.165, 1.54) is 56.2 Å². The van der Waals surface area contributed by atoms with E-state index >= 15 is 0 Å². The lowest BCUT2D eigenvalue weighted by Gasteiger charge is -2.30. The SMILES string of the molecule is CC1CCC(C(N)c2cc3c(s2)CCCC3)CC1. The highest BCUT2D eigenvalue weighted by molar-refractivity contribution is 7.12. The molecule has 0 radical (unpaired) electrons. The molecule has 18 heavy (non-hydrogen) atoms. The van der Waals surface area contributed by atoms with Crippen molar-refractivity contribution < 1.29 is 0 Å². The summed E-state index contributed by atoms with van der Waals surface area (Å²) in [6, 6.07) is 2.75. The van der Waals surface area contributed by atoms with Gasteiger partial charge in [-0.1, -0.05) is 19.8 Å². The Kier molecular flexibility index (Phi) is 3.76. The van der Waals surface area contributed by atoms with Crippen molar-refractivity contribution in [3.05, 3.63) is 21.4 Å². The largest absolute Gasteiger partial charge is 0.323 e. The Hall–Kier alpha value is -0.340. The van der Waals surface area contributed by atoms with Crippen molar-refractivity contribution in [2.75, 3.05) is 0 Å². The smallest absolute Gasteiger partial charge is 0.0418 e. The zero-order chi connectivity index (χ0) is 12.5. The molecule has 3 rings (SSSR count). The predicted octanol–water partition coefficient (Wildman–Crippen LogP) is 4.45. The highest BCUT2D eigenvalue weighted by Crippen LogP contribution is 2.39. The van der Waals surface area contributed by atoms with E-state index in [1.807, 2.05) is 11.3 Å². The number of hydrogen-bond acceptors (Lipinski definition) is 2. The number of hydrogen-bond donors (Lipinski definition) is 1. The first kappa shape index (κ1) is 12.7. The van der Waals surface area contributed by atoms with Gasteiger partial charge in [-0.05, 0) is 62.0 Å².